The second-order valence-corrected chi connectivity index (χ2v) is 3.82. The first-order chi connectivity index (χ1) is 8.71. The van der Waals surface area contributed by atoms with Gasteiger partial charge in [-0.15, -0.1) is 0 Å². The SMILES string of the molecule is CNCCNC(=O)Cc1ccc(OC)c(OC)c1. The molecule has 0 aliphatic carbocycles. The number of nitrogens with one attached hydrogen (secondary N) is 2. The van der Waals surface area contributed by atoms with Gasteiger partial charge in [-0.1, -0.05) is 6.07 Å². The molecule has 100 valence electrons. The fraction of sp³-hybridized carbons (Fsp3) is 0.462. The molecule has 0 saturated carbocycles. The summed E-state index contributed by atoms with van der Waals surface area (Å²) in [4.78, 5) is 11.6. The molecule has 0 radical (unpaired) electrons. The summed E-state index contributed by atoms with van der Waals surface area (Å²) in [6.07, 6.45) is 0.337. The van der Waals surface area contributed by atoms with E-state index >= 15 is 0 Å². The van der Waals surface area contributed by atoms with E-state index < -0.39 is 0 Å². The number of amides is 1. The molecular formula is C13H20N2O3. The van der Waals surface area contributed by atoms with E-state index in [2.05, 4.69) is 10.6 Å². The van der Waals surface area contributed by atoms with Crippen molar-refractivity contribution < 1.29 is 14.3 Å². The Bertz CT molecular complexity index is 394. The van der Waals surface area contributed by atoms with Gasteiger partial charge in [0.05, 0.1) is 20.6 Å². The van der Waals surface area contributed by atoms with Crippen molar-refractivity contribution in [3.05, 3.63) is 23.8 Å². The van der Waals surface area contributed by atoms with Crippen molar-refractivity contribution in [2.24, 2.45) is 0 Å². The Balaban J connectivity index is 2.59. The van der Waals surface area contributed by atoms with E-state index in [9.17, 15) is 4.79 Å². The molecule has 1 amide bonds. The van der Waals surface area contributed by atoms with E-state index in [-0.39, 0.29) is 5.91 Å². The lowest BCUT2D eigenvalue weighted by atomic mass is 10.1. The number of likely N-dealkylation sites (N-methyl/N-ethyl adjacent to an activating group) is 1. The van der Waals surface area contributed by atoms with Gasteiger partial charge in [0, 0.05) is 13.1 Å². The summed E-state index contributed by atoms with van der Waals surface area (Å²) in [5.41, 5.74) is 0.898. The first-order valence-electron chi connectivity index (χ1n) is 5.83. The molecule has 0 fully saturated rings. The summed E-state index contributed by atoms with van der Waals surface area (Å²) in [5, 5.41) is 5.79. The van der Waals surface area contributed by atoms with E-state index in [1.165, 1.54) is 0 Å². The number of hydrogen-bond donors (Lipinski definition) is 2. The summed E-state index contributed by atoms with van der Waals surface area (Å²) >= 11 is 0. The van der Waals surface area contributed by atoms with Crippen LogP contribution in [-0.4, -0.2) is 40.3 Å². The maximum Gasteiger partial charge on any atom is 0.224 e. The first-order valence-corrected chi connectivity index (χ1v) is 5.83. The van der Waals surface area contributed by atoms with Crippen LogP contribution in [0.3, 0.4) is 0 Å². The topological polar surface area (TPSA) is 59.6 Å². The van der Waals surface area contributed by atoms with E-state index in [0.717, 1.165) is 12.1 Å². The molecule has 5 heteroatoms. The highest BCUT2D eigenvalue weighted by atomic mass is 16.5. The standard InChI is InChI=1S/C13H20N2O3/c1-14-6-7-15-13(16)9-10-4-5-11(17-2)12(8-10)18-3/h4-5,8,14H,6-7,9H2,1-3H3,(H,15,16). The van der Waals surface area contributed by atoms with Crippen LogP contribution in [0, 0.1) is 0 Å². The number of carbonyl (C=O) groups excluding carboxylic acids is 1. The third-order valence-corrected chi connectivity index (χ3v) is 2.51. The number of rotatable bonds is 7. The molecule has 0 aliphatic heterocycles. The average molecular weight is 252 g/mol. The Morgan fingerprint density at radius 2 is 1.89 bits per heavy atom. The average Bonchev–Trinajstić information content (AvgIpc) is 2.39. The monoisotopic (exact) mass is 252 g/mol. The van der Waals surface area contributed by atoms with E-state index in [0.29, 0.717) is 24.5 Å². The number of hydrogen-bond acceptors (Lipinski definition) is 4. The largest absolute Gasteiger partial charge is 0.493 e. The van der Waals surface area contributed by atoms with Gasteiger partial charge in [-0.3, -0.25) is 4.79 Å². The minimum absolute atomic E-state index is 0.00234. The van der Waals surface area contributed by atoms with Gasteiger partial charge in [0.1, 0.15) is 0 Å². The summed E-state index contributed by atoms with van der Waals surface area (Å²) in [5.74, 6) is 1.30. The number of methoxy groups -OCH3 is 2. The van der Waals surface area contributed by atoms with Gasteiger partial charge in [0.2, 0.25) is 5.91 Å². The zero-order valence-corrected chi connectivity index (χ0v) is 11.1. The van der Waals surface area contributed by atoms with E-state index in [1.807, 2.05) is 19.2 Å². The highest BCUT2D eigenvalue weighted by Gasteiger charge is 2.07. The summed E-state index contributed by atoms with van der Waals surface area (Å²) in [6, 6.07) is 5.48. The lowest BCUT2D eigenvalue weighted by Crippen LogP contribution is -2.31. The van der Waals surface area contributed by atoms with Crippen LogP contribution in [0.25, 0.3) is 0 Å². The lowest BCUT2D eigenvalue weighted by Gasteiger charge is -2.09. The van der Waals surface area contributed by atoms with Gasteiger partial charge in [0.25, 0.3) is 0 Å². The van der Waals surface area contributed by atoms with E-state index in [1.54, 1.807) is 20.3 Å². The third kappa shape index (κ3) is 4.25. The number of ether oxygens (including phenoxy) is 2. The molecule has 0 aliphatic rings. The van der Waals surface area contributed by atoms with Crippen LogP contribution >= 0.6 is 0 Å². The molecule has 0 atom stereocenters. The molecule has 0 spiro atoms. The fourth-order valence-corrected chi connectivity index (χ4v) is 1.57. The Kier molecular flexibility index (Phi) is 6.00. The minimum atomic E-state index is -0.00234. The Morgan fingerprint density at radius 3 is 2.50 bits per heavy atom. The van der Waals surface area contributed by atoms with Crippen molar-refractivity contribution in [3.63, 3.8) is 0 Å². The van der Waals surface area contributed by atoms with Crippen molar-refractivity contribution in [1.82, 2.24) is 10.6 Å². The molecule has 0 heterocycles. The van der Waals surface area contributed by atoms with Gasteiger partial charge in [-0.2, -0.15) is 0 Å². The van der Waals surface area contributed by atoms with Gasteiger partial charge in [-0.05, 0) is 24.7 Å². The molecule has 0 aromatic heterocycles. The maximum atomic E-state index is 11.6. The molecule has 2 N–H and O–H groups in total. The smallest absolute Gasteiger partial charge is 0.224 e. The van der Waals surface area contributed by atoms with E-state index in [4.69, 9.17) is 9.47 Å². The number of carbonyl (C=O) groups is 1. The summed E-state index contributed by atoms with van der Waals surface area (Å²) in [7, 11) is 5.01. The molecule has 0 bridgehead atoms. The van der Waals surface area contributed by atoms with Crippen LogP contribution < -0.4 is 20.1 Å². The Morgan fingerprint density at radius 1 is 1.17 bits per heavy atom. The predicted molar refractivity (Wildman–Crippen MR) is 70.2 cm³/mol. The molecule has 0 saturated heterocycles. The Labute approximate surface area is 107 Å². The van der Waals surface area contributed by atoms with Crippen LogP contribution in [0.4, 0.5) is 0 Å². The molecule has 1 rings (SSSR count). The zero-order chi connectivity index (χ0) is 13.4. The zero-order valence-electron chi connectivity index (χ0n) is 11.1. The first kappa shape index (κ1) is 14.3. The highest BCUT2D eigenvalue weighted by molar-refractivity contribution is 5.78. The summed E-state index contributed by atoms with van der Waals surface area (Å²) < 4.78 is 10.3. The lowest BCUT2D eigenvalue weighted by molar-refractivity contribution is -0.120. The van der Waals surface area contributed by atoms with Crippen molar-refractivity contribution in [2.45, 2.75) is 6.42 Å². The molecule has 1 aromatic rings. The van der Waals surface area contributed by atoms with Crippen molar-refractivity contribution in [2.75, 3.05) is 34.4 Å². The van der Waals surface area contributed by atoms with Gasteiger partial charge >= 0.3 is 0 Å². The predicted octanol–water partition coefficient (Wildman–Crippen LogP) is 0.582. The second kappa shape index (κ2) is 7.55. The van der Waals surface area contributed by atoms with Crippen LogP contribution in [0.2, 0.25) is 0 Å². The van der Waals surface area contributed by atoms with Crippen molar-refractivity contribution in [1.29, 1.82) is 0 Å². The van der Waals surface area contributed by atoms with Gasteiger partial charge < -0.3 is 20.1 Å². The molecule has 18 heavy (non-hydrogen) atoms. The molecular weight excluding hydrogens is 232 g/mol. The highest BCUT2D eigenvalue weighted by Crippen LogP contribution is 2.27. The van der Waals surface area contributed by atoms with Gasteiger partial charge in [-0.25, -0.2) is 0 Å². The second-order valence-electron chi connectivity index (χ2n) is 3.82. The van der Waals surface area contributed by atoms with Crippen LogP contribution in [0.5, 0.6) is 11.5 Å². The molecule has 0 unspecified atom stereocenters. The summed E-state index contributed by atoms with van der Waals surface area (Å²) in [6.45, 7) is 1.39. The molecule has 5 nitrogen and oxygen atoms in total. The van der Waals surface area contributed by atoms with Crippen molar-refractivity contribution >= 4 is 5.91 Å². The quantitative estimate of drug-likeness (QED) is 0.697. The third-order valence-electron chi connectivity index (χ3n) is 2.51. The minimum Gasteiger partial charge on any atom is -0.493 e. The van der Waals surface area contributed by atoms with Crippen LogP contribution in [0.1, 0.15) is 5.56 Å². The van der Waals surface area contributed by atoms with Crippen LogP contribution in [0.15, 0.2) is 18.2 Å². The van der Waals surface area contributed by atoms with Gasteiger partial charge in [0.15, 0.2) is 11.5 Å². The molecule has 1 aromatic carbocycles. The normalized spacial score (nSPS) is 9.94. The van der Waals surface area contributed by atoms with Crippen molar-refractivity contribution in [3.8, 4) is 11.5 Å². The maximum absolute atomic E-state index is 11.6. The Hall–Kier alpha value is -1.75. The number of benzene rings is 1. The van der Waals surface area contributed by atoms with Crippen LogP contribution in [-0.2, 0) is 11.2 Å². The fourth-order valence-electron chi connectivity index (χ4n) is 1.57.